The van der Waals surface area contributed by atoms with Crippen molar-refractivity contribution < 1.29 is 36.9 Å². The fourth-order valence-corrected chi connectivity index (χ4v) is 0. The van der Waals surface area contributed by atoms with Crippen LogP contribution in [0.4, 0.5) is 4.79 Å². The molecule has 10 heavy (non-hydrogen) atoms. The molecular weight excluding hydrogens is 152 g/mol. The van der Waals surface area contributed by atoms with Gasteiger partial charge >= 0.3 is 6.16 Å². The predicted octanol–water partition coefficient (Wildman–Crippen LogP) is -2.75. The maximum Gasteiger partial charge on any atom is 0.503 e. The first-order chi connectivity index (χ1) is 1.73. The van der Waals surface area contributed by atoms with Crippen LogP contribution >= 0.6 is 0 Å². The van der Waals surface area contributed by atoms with Crippen molar-refractivity contribution >= 4 is 6.16 Å². The second-order valence-electron chi connectivity index (χ2n) is 0.283. The molecule has 0 aromatic heterocycles. The van der Waals surface area contributed by atoms with Gasteiger partial charge in [-0.25, -0.2) is 4.79 Å². The second-order valence-corrected chi connectivity index (χ2v) is 0.283. The van der Waals surface area contributed by atoms with Crippen LogP contribution in [0.25, 0.3) is 0 Å². The summed E-state index contributed by atoms with van der Waals surface area (Å²) in [6.45, 7) is 0. The van der Waals surface area contributed by atoms with Crippen LogP contribution in [0.2, 0.25) is 0 Å². The van der Waals surface area contributed by atoms with Crippen LogP contribution in [0.5, 0.6) is 0 Å². The predicted molar refractivity (Wildman–Crippen MR) is 35.2 cm³/mol. The molecule has 0 aliphatic carbocycles. The minimum Gasteiger partial charge on any atom is -0.450 e. The molecule has 0 unspecified atom stereocenters. The normalized spacial score (nSPS) is 2.40. The molecule has 0 aromatic carbocycles. The molecule has 0 rings (SSSR count). The van der Waals surface area contributed by atoms with Crippen LogP contribution in [0.3, 0.4) is 0 Å². The SMILES string of the molecule is N.N.O.O.O.O.O=C(O)O. The Labute approximate surface area is 56.7 Å². The van der Waals surface area contributed by atoms with Gasteiger partial charge in [0.2, 0.25) is 0 Å². The molecule has 16 N–H and O–H groups in total. The van der Waals surface area contributed by atoms with Crippen molar-refractivity contribution in [2.75, 3.05) is 0 Å². The van der Waals surface area contributed by atoms with Crippen molar-refractivity contribution in [1.29, 1.82) is 0 Å². The summed E-state index contributed by atoms with van der Waals surface area (Å²) in [5.41, 5.74) is 0. The van der Waals surface area contributed by atoms with E-state index in [0.29, 0.717) is 0 Å². The highest BCUT2D eigenvalue weighted by Gasteiger charge is 1.70. The fourth-order valence-electron chi connectivity index (χ4n) is 0. The lowest BCUT2D eigenvalue weighted by molar-refractivity contribution is 0.137. The standard InChI is InChI=1S/CH2O3.2H3N.4H2O/c2-1(3)4;;;;;;/h(H2,2,3,4);2*1H3;4*1H2. The van der Waals surface area contributed by atoms with E-state index in [-0.39, 0.29) is 34.2 Å². The Morgan fingerprint density at radius 3 is 0.800 bits per heavy atom. The third kappa shape index (κ3) is 272. The maximum absolute atomic E-state index is 8.56. The number of hydrogen-bond donors (Lipinski definition) is 4. The molecule has 0 amide bonds. The first kappa shape index (κ1) is 141. The molecule has 0 aromatic rings. The minimum absolute atomic E-state index is 0. The summed E-state index contributed by atoms with van der Waals surface area (Å²) in [4.78, 5) is 8.56. The van der Waals surface area contributed by atoms with Crippen molar-refractivity contribution in [3.05, 3.63) is 0 Å². The molecule has 0 saturated heterocycles. The summed E-state index contributed by atoms with van der Waals surface area (Å²) in [6.07, 6.45) is -1.83. The summed E-state index contributed by atoms with van der Waals surface area (Å²) in [7, 11) is 0. The largest absolute Gasteiger partial charge is 0.503 e. The Balaban J connectivity index is -0.00000000300. The number of hydrogen-bond acceptors (Lipinski definition) is 3. The number of carboxylic acid groups (broad SMARTS) is 2. The first-order valence-corrected chi connectivity index (χ1v) is 0.651. The number of rotatable bonds is 0. The summed E-state index contributed by atoms with van der Waals surface area (Å²) >= 11 is 0. The zero-order valence-corrected chi connectivity index (χ0v) is 5.22. The molecule has 9 heteroatoms. The van der Waals surface area contributed by atoms with E-state index in [1.807, 2.05) is 0 Å². The Bertz CT molecular complexity index is 34.6. The molecule has 0 aliphatic rings. The monoisotopic (exact) mass is 168 g/mol. The van der Waals surface area contributed by atoms with Gasteiger partial charge in [-0.1, -0.05) is 0 Å². The number of carbonyl (C=O) groups is 1. The third-order valence-corrected chi connectivity index (χ3v) is 0. The van der Waals surface area contributed by atoms with Gasteiger partial charge < -0.3 is 44.4 Å². The van der Waals surface area contributed by atoms with Crippen molar-refractivity contribution in [2.24, 2.45) is 0 Å². The Morgan fingerprint density at radius 2 is 0.800 bits per heavy atom. The van der Waals surface area contributed by atoms with Gasteiger partial charge in [-0.05, 0) is 0 Å². The Morgan fingerprint density at radius 1 is 0.800 bits per heavy atom. The average Bonchev–Trinajstić information content (AvgIpc) is 0.811. The van der Waals surface area contributed by atoms with Crippen molar-refractivity contribution in [1.82, 2.24) is 12.3 Å². The van der Waals surface area contributed by atoms with Crippen molar-refractivity contribution in [2.45, 2.75) is 0 Å². The van der Waals surface area contributed by atoms with Crippen LogP contribution in [0.15, 0.2) is 0 Å². The zero-order valence-electron chi connectivity index (χ0n) is 5.22. The summed E-state index contributed by atoms with van der Waals surface area (Å²) in [5, 5.41) is 13.9. The van der Waals surface area contributed by atoms with Gasteiger partial charge in [0, 0.05) is 0 Å². The third-order valence-electron chi connectivity index (χ3n) is 0. The minimum atomic E-state index is -1.83. The van der Waals surface area contributed by atoms with Crippen LogP contribution in [-0.4, -0.2) is 38.3 Å². The molecular formula is CH16N2O7. The highest BCUT2D eigenvalue weighted by Crippen LogP contribution is 1.42. The van der Waals surface area contributed by atoms with E-state index in [0.717, 1.165) is 0 Å². The molecule has 0 saturated carbocycles. The molecule has 72 valence electrons. The van der Waals surface area contributed by atoms with Gasteiger partial charge in [0.05, 0.1) is 0 Å². The van der Waals surface area contributed by atoms with Crippen molar-refractivity contribution in [3.63, 3.8) is 0 Å². The first-order valence-electron chi connectivity index (χ1n) is 0.651. The Hall–Kier alpha value is -0.970. The van der Waals surface area contributed by atoms with Gasteiger partial charge in [0.1, 0.15) is 0 Å². The van der Waals surface area contributed by atoms with E-state index in [9.17, 15) is 0 Å². The van der Waals surface area contributed by atoms with Crippen molar-refractivity contribution in [3.8, 4) is 0 Å². The average molecular weight is 168 g/mol. The zero-order chi connectivity index (χ0) is 3.58. The molecule has 0 fully saturated rings. The fraction of sp³-hybridized carbons (Fsp3) is 0. The lowest BCUT2D eigenvalue weighted by Crippen LogP contribution is -1.81. The highest BCUT2D eigenvalue weighted by molar-refractivity contribution is 5.53. The van der Waals surface area contributed by atoms with E-state index in [1.54, 1.807) is 0 Å². The van der Waals surface area contributed by atoms with E-state index in [1.165, 1.54) is 0 Å². The second kappa shape index (κ2) is 96.3. The van der Waals surface area contributed by atoms with E-state index in [2.05, 4.69) is 0 Å². The van der Waals surface area contributed by atoms with E-state index < -0.39 is 6.16 Å². The topological polar surface area (TPSA) is 254 Å². The summed E-state index contributed by atoms with van der Waals surface area (Å²) in [6, 6.07) is 0. The van der Waals surface area contributed by atoms with Crippen LogP contribution in [0.1, 0.15) is 0 Å². The molecule has 0 heterocycles. The van der Waals surface area contributed by atoms with E-state index >= 15 is 0 Å². The summed E-state index contributed by atoms with van der Waals surface area (Å²) in [5.74, 6) is 0. The highest BCUT2D eigenvalue weighted by atomic mass is 16.6. The molecule has 9 nitrogen and oxygen atoms in total. The van der Waals surface area contributed by atoms with E-state index in [4.69, 9.17) is 15.0 Å². The molecule has 0 radical (unpaired) electrons. The quantitative estimate of drug-likeness (QED) is 0.298. The van der Waals surface area contributed by atoms with Gasteiger partial charge in [-0.2, -0.15) is 0 Å². The van der Waals surface area contributed by atoms with Gasteiger partial charge in [-0.15, -0.1) is 0 Å². The lowest BCUT2D eigenvalue weighted by Gasteiger charge is -1.60. The molecule has 0 aliphatic heterocycles. The molecule has 0 bridgehead atoms. The van der Waals surface area contributed by atoms with Gasteiger partial charge in [-0.3, -0.25) is 0 Å². The van der Waals surface area contributed by atoms with Gasteiger partial charge in [0.25, 0.3) is 0 Å². The Kier molecular flexibility index (Phi) is 1360. The van der Waals surface area contributed by atoms with Crippen LogP contribution in [0, 0.1) is 0 Å². The van der Waals surface area contributed by atoms with Crippen LogP contribution < -0.4 is 12.3 Å². The van der Waals surface area contributed by atoms with Crippen LogP contribution in [-0.2, 0) is 0 Å². The smallest absolute Gasteiger partial charge is 0.450 e. The van der Waals surface area contributed by atoms with Gasteiger partial charge in [0.15, 0.2) is 0 Å². The molecule has 0 atom stereocenters. The maximum atomic E-state index is 8.56. The molecule has 0 spiro atoms. The summed E-state index contributed by atoms with van der Waals surface area (Å²) < 4.78 is 0. The lowest BCUT2D eigenvalue weighted by atomic mass is 11.5.